The fourth-order valence-corrected chi connectivity index (χ4v) is 3.14. The van der Waals surface area contributed by atoms with E-state index >= 15 is 0 Å². The Hall–Kier alpha value is -2.29. The van der Waals surface area contributed by atoms with Crippen LogP contribution in [0.4, 0.5) is 0 Å². The van der Waals surface area contributed by atoms with E-state index in [0.29, 0.717) is 12.5 Å². The maximum atomic E-state index is 10.9. The van der Waals surface area contributed by atoms with Gasteiger partial charge in [0.25, 0.3) is 0 Å². The minimum atomic E-state index is -0.781. The summed E-state index contributed by atoms with van der Waals surface area (Å²) in [6.07, 6.45) is 1.21. The number of benzene rings is 2. The molecule has 0 spiro atoms. The number of carboxylic acid groups (broad SMARTS) is 1. The molecule has 2 aromatic carbocycles. The lowest BCUT2D eigenvalue weighted by molar-refractivity contribution is -0.137. The largest absolute Gasteiger partial charge is 0.493 e. The van der Waals surface area contributed by atoms with E-state index in [9.17, 15) is 4.79 Å². The van der Waals surface area contributed by atoms with Crippen LogP contribution in [0.3, 0.4) is 0 Å². The smallest absolute Gasteiger partial charge is 0.304 e. The Morgan fingerprint density at radius 2 is 1.87 bits per heavy atom. The highest BCUT2D eigenvalue weighted by atomic mass is 16.5. The molecule has 0 aromatic heterocycles. The van der Waals surface area contributed by atoms with Gasteiger partial charge < -0.3 is 9.84 Å². The summed E-state index contributed by atoms with van der Waals surface area (Å²) in [7, 11) is 0. The summed E-state index contributed by atoms with van der Waals surface area (Å²) < 4.78 is 5.69. The van der Waals surface area contributed by atoms with Gasteiger partial charge in [-0.2, -0.15) is 0 Å². The molecule has 1 aliphatic heterocycles. The van der Waals surface area contributed by atoms with Crippen molar-refractivity contribution in [3.8, 4) is 16.9 Å². The number of ether oxygens (including phenoxy) is 1. The molecule has 23 heavy (non-hydrogen) atoms. The van der Waals surface area contributed by atoms with Crippen molar-refractivity contribution >= 4 is 5.97 Å². The number of hydrogen-bond donors (Lipinski definition) is 1. The highest BCUT2D eigenvalue weighted by Crippen LogP contribution is 2.38. The third-order valence-electron chi connectivity index (χ3n) is 4.25. The van der Waals surface area contributed by atoms with Crippen molar-refractivity contribution in [3.63, 3.8) is 0 Å². The standard InChI is InChI=1S/C20H22O3/c1-13(2)9-14-3-5-15(6-4-14)16-7-8-18-17(11-20(21)22)12-23-19(18)10-16/h3-8,10,13,17H,9,11-12H2,1-2H3,(H,21,22)/t17-/m0/s1. The zero-order chi connectivity index (χ0) is 16.4. The molecule has 0 aliphatic carbocycles. The predicted octanol–water partition coefficient (Wildman–Crippen LogP) is 4.50. The quantitative estimate of drug-likeness (QED) is 0.884. The first kappa shape index (κ1) is 15.6. The maximum absolute atomic E-state index is 10.9. The molecule has 0 fully saturated rings. The molecule has 1 atom stereocenters. The molecule has 0 amide bonds. The van der Waals surface area contributed by atoms with E-state index in [-0.39, 0.29) is 12.3 Å². The lowest BCUT2D eigenvalue weighted by Crippen LogP contribution is -2.07. The van der Waals surface area contributed by atoms with Crippen LogP contribution in [0.15, 0.2) is 42.5 Å². The molecule has 2 aromatic rings. The highest BCUT2D eigenvalue weighted by Gasteiger charge is 2.26. The molecule has 3 heteroatoms. The molecule has 120 valence electrons. The van der Waals surface area contributed by atoms with Crippen molar-refractivity contribution in [2.75, 3.05) is 6.61 Å². The fraction of sp³-hybridized carbons (Fsp3) is 0.350. The summed E-state index contributed by atoms with van der Waals surface area (Å²) in [4.78, 5) is 10.9. The van der Waals surface area contributed by atoms with Gasteiger partial charge >= 0.3 is 5.97 Å². The van der Waals surface area contributed by atoms with E-state index in [0.717, 1.165) is 28.9 Å². The summed E-state index contributed by atoms with van der Waals surface area (Å²) in [5.41, 5.74) is 4.62. The number of rotatable bonds is 5. The normalized spacial score (nSPS) is 16.2. The molecule has 0 saturated carbocycles. The molecule has 1 heterocycles. The van der Waals surface area contributed by atoms with Gasteiger partial charge in [-0.1, -0.05) is 50.2 Å². The van der Waals surface area contributed by atoms with Crippen LogP contribution in [-0.2, 0) is 11.2 Å². The van der Waals surface area contributed by atoms with E-state index < -0.39 is 5.97 Å². The average Bonchev–Trinajstić information content (AvgIpc) is 2.89. The number of hydrogen-bond acceptors (Lipinski definition) is 2. The number of carbonyl (C=O) groups is 1. The summed E-state index contributed by atoms with van der Waals surface area (Å²) in [6, 6.07) is 14.7. The minimum Gasteiger partial charge on any atom is -0.493 e. The van der Waals surface area contributed by atoms with Crippen LogP contribution in [-0.4, -0.2) is 17.7 Å². The zero-order valence-electron chi connectivity index (χ0n) is 13.6. The van der Waals surface area contributed by atoms with Crippen LogP contribution in [0.1, 0.15) is 37.3 Å². The lowest BCUT2D eigenvalue weighted by Gasteiger charge is -2.09. The van der Waals surface area contributed by atoms with E-state index in [4.69, 9.17) is 9.84 Å². The van der Waals surface area contributed by atoms with Crippen LogP contribution in [0, 0.1) is 5.92 Å². The summed E-state index contributed by atoms with van der Waals surface area (Å²) in [5.74, 6) is 0.654. The van der Waals surface area contributed by atoms with Gasteiger partial charge in [-0.3, -0.25) is 4.79 Å². The molecule has 1 N–H and O–H groups in total. The van der Waals surface area contributed by atoms with E-state index in [1.54, 1.807) is 0 Å². The van der Waals surface area contributed by atoms with E-state index in [1.807, 2.05) is 12.1 Å². The van der Waals surface area contributed by atoms with Gasteiger partial charge in [0.15, 0.2) is 0 Å². The van der Waals surface area contributed by atoms with Gasteiger partial charge in [-0.15, -0.1) is 0 Å². The number of aliphatic carboxylic acids is 1. The van der Waals surface area contributed by atoms with Crippen molar-refractivity contribution in [1.82, 2.24) is 0 Å². The average molecular weight is 310 g/mol. The van der Waals surface area contributed by atoms with Crippen molar-refractivity contribution < 1.29 is 14.6 Å². The Morgan fingerprint density at radius 1 is 1.17 bits per heavy atom. The van der Waals surface area contributed by atoms with Crippen LogP contribution in [0.25, 0.3) is 11.1 Å². The molecule has 3 nitrogen and oxygen atoms in total. The first-order valence-electron chi connectivity index (χ1n) is 8.11. The van der Waals surface area contributed by atoms with Gasteiger partial charge in [0.2, 0.25) is 0 Å². The van der Waals surface area contributed by atoms with E-state index in [1.165, 1.54) is 5.56 Å². The molecule has 0 unspecified atom stereocenters. The van der Waals surface area contributed by atoms with Crippen molar-refractivity contribution in [2.45, 2.75) is 32.6 Å². The SMILES string of the molecule is CC(C)Cc1ccc(-c2ccc3c(c2)OC[C@@H]3CC(=O)O)cc1. The Labute approximate surface area is 136 Å². The Kier molecular flexibility index (Phi) is 4.37. The monoisotopic (exact) mass is 310 g/mol. The van der Waals surface area contributed by atoms with Crippen LogP contribution < -0.4 is 4.74 Å². The fourth-order valence-electron chi connectivity index (χ4n) is 3.14. The Morgan fingerprint density at radius 3 is 2.52 bits per heavy atom. The van der Waals surface area contributed by atoms with Gasteiger partial charge in [-0.25, -0.2) is 0 Å². The molecular weight excluding hydrogens is 288 g/mol. The lowest BCUT2D eigenvalue weighted by atomic mass is 9.94. The molecule has 3 rings (SSSR count). The Balaban J connectivity index is 1.81. The Bertz CT molecular complexity index is 701. The van der Waals surface area contributed by atoms with Crippen LogP contribution in [0.5, 0.6) is 5.75 Å². The van der Waals surface area contributed by atoms with Crippen molar-refractivity contribution in [3.05, 3.63) is 53.6 Å². The van der Waals surface area contributed by atoms with Gasteiger partial charge in [-0.05, 0) is 35.1 Å². The third-order valence-corrected chi connectivity index (χ3v) is 4.25. The first-order chi connectivity index (χ1) is 11.0. The summed E-state index contributed by atoms with van der Waals surface area (Å²) in [6.45, 7) is 4.90. The molecular formula is C20H22O3. The first-order valence-corrected chi connectivity index (χ1v) is 8.11. The topological polar surface area (TPSA) is 46.5 Å². The van der Waals surface area contributed by atoms with Crippen LogP contribution in [0.2, 0.25) is 0 Å². The molecule has 1 aliphatic rings. The second-order valence-electron chi connectivity index (χ2n) is 6.65. The van der Waals surface area contributed by atoms with Gasteiger partial charge in [0.1, 0.15) is 5.75 Å². The number of carboxylic acids is 1. The van der Waals surface area contributed by atoms with Crippen LogP contribution >= 0.6 is 0 Å². The van der Waals surface area contributed by atoms with Gasteiger partial charge in [0, 0.05) is 11.5 Å². The predicted molar refractivity (Wildman–Crippen MR) is 90.9 cm³/mol. The summed E-state index contributed by atoms with van der Waals surface area (Å²) in [5, 5.41) is 8.96. The minimum absolute atomic E-state index is 0.0371. The molecule has 0 radical (unpaired) electrons. The third kappa shape index (κ3) is 3.55. The number of fused-ring (bicyclic) bond motifs is 1. The molecule has 0 saturated heterocycles. The second kappa shape index (κ2) is 6.45. The van der Waals surface area contributed by atoms with Crippen molar-refractivity contribution in [1.29, 1.82) is 0 Å². The van der Waals surface area contributed by atoms with E-state index in [2.05, 4.69) is 44.2 Å². The highest BCUT2D eigenvalue weighted by molar-refractivity contribution is 5.70. The second-order valence-corrected chi connectivity index (χ2v) is 6.65. The molecule has 0 bridgehead atoms. The summed E-state index contributed by atoms with van der Waals surface area (Å²) >= 11 is 0. The maximum Gasteiger partial charge on any atom is 0.304 e. The van der Waals surface area contributed by atoms with Gasteiger partial charge in [0.05, 0.1) is 13.0 Å². The van der Waals surface area contributed by atoms with Crippen molar-refractivity contribution in [2.24, 2.45) is 5.92 Å². The zero-order valence-corrected chi connectivity index (χ0v) is 13.6.